The molecule has 0 bridgehead atoms. The van der Waals surface area contributed by atoms with Crippen LogP contribution in [0.4, 0.5) is 4.39 Å². The van der Waals surface area contributed by atoms with E-state index in [4.69, 9.17) is 18.9 Å². The van der Waals surface area contributed by atoms with Crippen LogP contribution in [0.25, 0.3) is 0 Å². The highest BCUT2D eigenvalue weighted by molar-refractivity contribution is 5.41. The smallest absolute Gasteiger partial charge is 0.197 e. The van der Waals surface area contributed by atoms with E-state index >= 15 is 0 Å². The van der Waals surface area contributed by atoms with Gasteiger partial charge in [-0.05, 0) is 24.3 Å². The summed E-state index contributed by atoms with van der Waals surface area (Å²) in [4.78, 5) is 0. The van der Waals surface area contributed by atoms with Crippen molar-refractivity contribution in [2.75, 3.05) is 33.4 Å². The van der Waals surface area contributed by atoms with Crippen LogP contribution in [0.15, 0.2) is 42.5 Å². The van der Waals surface area contributed by atoms with E-state index in [0.29, 0.717) is 32.1 Å². The fraction of sp³-hybridized carbons (Fsp3) is 0.333. The van der Waals surface area contributed by atoms with Crippen LogP contribution in [-0.4, -0.2) is 39.5 Å². The highest BCUT2D eigenvalue weighted by Crippen LogP contribution is 2.31. The molecule has 1 aliphatic rings. The molecule has 1 atom stereocenters. The normalized spacial score (nSPS) is 15.8. The van der Waals surface area contributed by atoms with Gasteiger partial charge in [-0.25, -0.2) is 4.39 Å². The minimum absolute atomic E-state index is 0.0668. The molecule has 128 valence electrons. The van der Waals surface area contributed by atoms with E-state index in [1.165, 1.54) is 13.2 Å². The van der Waals surface area contributed by atoms with Crippen LogP contribution >= 0.6 is 0 Å². The number of ether oxygens (including phenoxy) is 4. The number of benzene rings is 2. The molecule has 0 unspecified atom stereocenters. The first-order valence-corrected chi connectivity index (χ1v) is 7.82. The van der Waals surface area contributed by atoms with Gasteiger partial charge in [-0.1, -0.05) is 18.2 Å². The van der Waals surface area contributed by atoms with Crippen LogP contribution < -0.4 is 24.3 Å². The van der Waals surface area contributed by atoms with E-state index in [1.807, 2.05) is 24.3 Å². The maximum absolute atomic E-state index is 13.7. The Labute approximate surface area is 140 Å². The first-order valence-electron chi connectivity index (χ1n) is 7.82. The number of nitrogens with one attached hydrogen (secondary N) is 1. The van der Waals surface area contributed by atoms with E-state index in [9.17, 15) is 4.39 Å². The summed E-state index contributed by atoms with van der Waals surface area (Å²) in [6, 6.07) is 12.2. The summed E-state index contributed by atoms with van der Waals surface area (Å²) in [5.74, 6) is 1.60. The lowest BCUT2D eigenvalue weighted by atomic mass is 10.2. The molecule has 0 spiro atoms. The predicted molar refractivity (Wildman–Crippen MR) is 87.7 cm³/mol. The minimum atomic E-state index is -0.435. The monoisotopic (exact) mass is 333 g/mol. The number of rotatable bonds is 7. The molecule has 5 nitrogen and oxygen atoms in total. The fourth-order valence-corrected chi connectivity index (χ4v) is 2.44. The zero-order chi connectivity index (χ0) is 16.8. The lowest BCUT2D eigenvalue weighted by Crippen LogP contribution is -2.39. The van der Waals surface area contributed by atoms with Gasteiger partial charge in [-0.2, -0.15) is 0 Å². The largest absolute Gasteiger partial charge is 0.493 e. The van der Waals surface area contributed by atoms with Crippen molar-refractivity contribution >= 4 is 0 Å². The van der Waals surface area contributed by atoms with Gasteiger partial charge in [0.15, 0.2) is 28.8 Å². The third-order valence-corrected chi connectivity index (χ3v) is 3.62. The maximum atomic E-state index is 13.7. The Morgan fingerprint density at radius 2 is 2.00 bits per heavy atom. The first-order chi connectivity index (χ1) is 11.8. The van der Waals surface area contributed by atoms with Crippen molar-refractivity contribution in [2.24, 2.45) is 0 Å². The third-order valence-electron chi connectivity index (χ3n) is 3.62. The van der Waals surface area contributed by atoms with Gasteiger partial charge in [0.25, 0.3) is 0 Å². The predicted octanol–water partition coefficient (Wildman–Crippen LogP) is 2.64. The summed E-state index contributed by atoms with van der Waals surface area (Å²) < 4.78 is 35.8. The van der Waals surface area contributed by atoms with E-state index in [2.05, 4.69) is 5.32 Å². The lowest BCUT2D eigenvalue weighted by molar-refractivity contribution is 0.0896. The van der Waals surface area contributed by atoms with Crippen molar-refractivity contribution in [3.63, 3.8) is 0 Å². The van der Waals surface area contributed by atoms with Gasteiger partial charge in [-0.3, -0.25) is 0 Å². The third kappa shape index (κ3) is 3.89. The van der Waals surface area contributed by atoms with Gasteiger partial charge < -0.3 is 24.3 Å². The van der Waals surface area contributed by atoms with Crippen LogP contribution in [-0.2, 0) is 0 Å². The van der Waals surface area contributed by atoms with Gasteiger partial charge in [0, 0.05) is 13.1 Å². The van der Waals surface area contributed by atoms with Crippen molar-refractivity contribution in [1.29, 1.82) is 0 Å². The Morgan fingerprint density at radius 3 is 2.83 bits per heavy atom. The van der Waals surface area contributed by atoms with Crippen molar-refractivity contribution in [3.8, 4) is 23.0 Å². The SMILES string of the molecule is COc1cccc(F)c1OCCNC[C@@H]1COc2ccccc2O1. The number of fused-ring (bicyclic) bond motifs is 1. The van der Waals surface area contributed by atoms with Gasteiger partial charge >= 0.3 is 0 Å². The van der Waals surface area contributed by atoms with Gasteiger partial charge in [-0.15, -0.1) is 0 Å². The highest BCUT2D eigenvalue weighted by atomic mass is 19.1. The molecular formula is C18H20FNO4. The van der Waals surface area contributed by atoms with Crippen molar-refractivity contribution in [1.82, 2.24) is 5.32 Å². The first kappa shape index (κ1) is 16.4. The van der Waals surface area contributed by atoms with Crippen molar-refractivity contribution < 1.29 is 23.3 Å². The average molecular weight is 333 g/mol. The molecule has 3 rings (SSSR count). The molecule has 0 saturated heterocycles. The Kier molecular flexibility index (Phi) is 5.38. The molecule has 6 heteroatoms. The average Bonchev–Trinajstić information content (AvgIpc) is 2.62. The summed E-state index contributed by atoms with van der Waals surface area (Å²) in [5.41, 5.74) is 0. The number of hydrogen-bond donors (Lipinski definition) is 1. The fourth-order valence-electron chi connectivity index (χ4n) is 2.44. The molecule has 0 radical (unpaired) electrons. The van der Waals surface area contributed by atoms with Gasteiger partial charge in [0.1, 0.15) is 19.3 Å². The number of para-hydroxylation sites is 3. The lowest BCUT2D eigenvalue weighted by Gasteiger charge is -2.26. The second kappa shape index (κ2) is 7.88. The highest BCUT2D eigenvalue weighted by Gasteiger charge is 2.20. The van der Waals surface area contributed by atoms with E-state index in [1.54, 1.807) is 12.1 Å². The quantitative estimate of drug-likeness (QED) is 0.790. The standard InChI is InChI=1S/C18H20FNO4/c1-21-17-8-4-5-14(19)18(17)22-10-9-20-11-13-12-23-15-6-2-3-7-16(15)24-13/h2-8,13,20H,9-12H2,1H3/t13-/m1/s1. The molecule has 2 aromatic rings. The van der Waals surface area contributed by atoms with Crippen molar-refractivity contribution in [2.45, 2.75) is 6.10 Å². The molecule has 1 heterocycles. The Hall–Kier alpha value is -2.47. The van der Waals surface area contributed by atoms with Crippen LogP contribution in [0.2, 0.25) is 0 Å². The Morgan fingerprint density at radius 1 is 1.17 bits per heavy atom. The number of methoxy groups -OCH3 is 1. The van der Waals surface area contributed by atoms with E-state index in [-0.39, 0.29) is 11.9 Å². The van der Waals surface area contributed by atoms with Gasteiger partial charge in [0.2, 0.25) is 0 Å². The van der Waals surface area contributed by atoms with Crippen LogP contribution in [0.1, 0.15) is 0 Å². The second-order valence-electron chi connectivity index (χ2n) is 5.32. The molecule has 0 fully saturated rings. The zero-order valence-electron chi connectivity index (χ0n) is 13.5. The zero-order valence-corrected chi connectivity index (χ0v) is 13.5. The molecule has 24 heavy (non-hydrogen) atoms. The van der Waals surface area contributed by atoms with Crippen LogP contribution in [0.3, 0.4) is 0 Å². The molecule has 0 aliphatic carbocycles. The van der Waals surface area contributed by atoms with E-state index < -0.39 is 5.82 Å². The molecule has 0 amide bonds. The number of halogens is 1. The Bertz CT molecular complexity index is 680. The Balaban J connectivity index is 1.41. The molecule has 1 N–H and O–H groups in total. The molecular weight excluding hydrogens is 313 g/mol. The second-order valence-corrected chi connectivity index (χ2v) is 5.32. The minimum Gasteiger partial charge on any atom is -0.493 e. The van der Waals surface area contributed by atoms with Crippen LogP contribution in [0, 0.1) is 5.82 Å². The van der Waals surface area contributed by atoms with Crippen molar-refractivity contribution in [3.05, 3.63) is 48.3 Å². The number of hydrogen-bond acceptors (Lipinski definition) is 5. The molecule has 2 aromatic carbocycles. The molecule has 0 aromatic heterocycles. The van der Waals surface area contributed by atoms with Gasteiger partial charge in [0.05, 0.1) is 7.11 Å². The van der Waals surface area contributed by atoms with Crippen LogP contribution in [0.5, 0.6) is 23.0 Å². The topological polar surface area (TPSA) is 49.0 Å². The summed E-state index contributed by atoms with van der Waals surface area (Å²) in [6.07, 6.45) is -0.0668. The maximum Gasteiger partial charge on any atom is 0.197 e. The summed E-state index contributed by atoms with van der Waals surface area (Å²) in [6.45, 7) is 1.98. The summed E-state index contributed by atoms with van der Waals surface area (Å²) in [7, 11) is 1.48. The molecule has 1 aliphatic heterocycles. The molecule has 0 saturated carbocycles. The summed E-state index contributed by atoms with van der Waals surface area (Å²) in [5, 5.41) is 3.22. The summed E-state index contributed by atoms with van der Waals surface area (Å²) >= 11 is 0. The van der Waals surface area contributed by atoms with E-state index in [0.717, 1.165) is 11.5 Å².